The van der Waals surface area contributed by atoms with Gasteiger partial charge in [0.15, 0.2) is 0 Å². The molecule has 1 N–H and O–H groups in total. The first-order valence-corrected chi connectivity index (χ1v) is 7.28. The van der Waals surface area contributed by atoms with Gasteiger partial charge >= 0.3 is 0 Å². The maximum Gasteiger partial charge on any atom is 0.143 e. The third kappa shape index (κ3) is 2.73. The first-order chi connectivity index (χ1) is 8.03. The van der Waals surface area contributed by atoms with E-state index >= 15 is 0 Å². The summed E-state index contributed by atoms with van der Waals surface area (Å²) < 4.78 is 0. The zero-order valence-corrected chi connectivity index (χ0v) is 11.6. The van der Waals surface area contributed by atoms with Crippen LogP contribution in [0.15, 0.2) is 0 Å². The van der Waals surface area contributed by atoms with Gasteiger partial charge in [0.2, 0.25) is 0 Å². The summed E-state index contributed by atoms with van der Waals surface area (Å²) in [5.41, 5.74) is -0.0801. The molecule has 2 nitrogen and oxygen atoms in total. The number of nitrogens with one attached hydrogen (secondary N) is 1. The van der Waals surface area contributed by atoms with Crippen molar-refractivity contribution in [2.24, 2.45) is 23.2 Å². The summed E-state index contributed by atoms with van der Waals surface area (Å²) in [7, 11) is 0. The van der Waals surface area contributed by atoms with Crippen LogP contribution in [0.3, 0.4) is 0 Å². The zero-order chi connectivity index (χ0) is 12.5. The zero-order valence-electron chi connectivity index (χ0n) is 11.6. The molecule has 98 valence electrons. The number of piperidine rings is 1. The van der Waals surface area contributed by atoms with Crippen molar-refractivity contribution in [3.63, 3.8) is 0 Å². The molecule has 0 spiro atoms. The fraction of sp³-hybridized carbons (Fsp3) is 0.933. The van der Waals surface area contributed by atoms with E-state index < -0.39 is 0 Å². The normalized spacial score (nSPS) is 43.4. The van der Waals surface area contributed by atoms with E-state index in [1.54, 1.807) is 0 Å². The van der Waals surface area contributed by atoms with E-state index in [0.29, 0.717) is 11.7 Å². The lowest BCUT2D eigenvalue weighted by Crippen LogP contribution is -2.46. The highest BCUT2D eigenvalue weighted by atomic mass is 16.1. The van der Waals surface area contributed by atoms with Crippen molar-refractivity contribution in [1.82, 2.24) is 5.32 Å². The van der Waals surface area contributed by atoms with Crippen LogP contribution >= 0.6 is 0 Å². The van der Waals surface area contributed by atoms with Gasteiger partial charge in [-0.15, -0.1) is 0 Å². The van der Waals surface area contributed by atoms with Gasteiger partial charge in [-0.1, -0.05) is 20.8 Å². The summed E-state index contributed by atoms with van der Waals surface area (Å²) in [5.74, 6) is 2.41. The quantitative estimate of drug-likeness (QED) is 0.800. The molecule has 0 aromatic rings. The average molecular weight is 237 g/mol. The van der Waals surface area contributed by atoms with Crippen molar-refractivity contribution in [1.29, 1.82) is 0 Å². The van der Waals surface area contributed by atoms with Crippen LogP contribution in [-0.2, 0) is 4.79 Å². The highest BCUT2D eigenvalue weighted by Crippen LogP contribution is 2.39. The lowest BCUT2D eigenvalue weighted by molar-refractivity contribution is -0.134. The molecule has 1 aliphatic heterocycles. The van der Waals surface area contributed by atoms with Gasteiger partial charge in [0.05, 0.1) is 0 Å². The Hall–Kier alpha value is -0.370. The van der Waals surface area contributed by atoms with Crippen LogP contribution < -0.4 is 5.32 Å². The number of carbonyl (C=O) groups is 1. The Balaban J connectivity index is 1.99. The summed E-state index contributed by atoms with van der Waals surface area (Å²) in [6.07, 6.45) is 5.72. The smallest absolute Gasteiger partial charge is 0.143 e. The molecule has 0 bridgehead atoms. The first kappa shape index (κ1) is 13.1. The van der Waals surface area contributed by atoms with Crippen LogP contribution in [0.2, 0.25) is 0 Å². The molecule has 0 radical (unpaired) electrons. The third-order valence-corrected chi connectivity index (χ3v) is 5.16. The standard InChI is InChI=1S/C15H27NO/c1-11-5-6-13(9-12(11)2)14(17)15(3)7-4-8-16-10-15/h11-13,16H,4-10H2,1-3H3. The van der Waals surface area contributed by atoms with Crippen LogP contribution in [0.25, 0.3) is 0 Å². The molecule has 1 heterocycles. The monoisotopic (exact) mass is 237 g/mol. The fourth-order valence-corrected chi connectivity index (χ4v) is 3.55. The maximum absolute atomic E-state index is 12.7. The molecule has 2 rings (SSSR count). The second-order valence-electron chi connectivity index (χ2n) is 6.67. The van der Waals surface area contributed by atoms with E-state index in [9.17, 15) is 4.79 Å². The van der Waals surface area contributed by atoms with Crippen LogP contribution in [0.4, 0.5) is 0 Å². The second kappa shape index (κ2) is 5.09. The molecule has 2 aliphatic rings. The van der Waals surface area contributed by atoms with Gasteiger partial charge in [-0.25, -0.2) is 0 Å². The topological polar surface area (TPSA) is 29.1 Å². The van der Waals surface area contributed by atoms with Crippen molar-refractivity contribution >= 4 is 5.78 Å². The largest absolute Gasteiger partial charge is 0.316 e. The summed E-state index contributed by atoms with van der Waals surface area (Å²) in [4.78, 5) is 12.7. The van der Waals surface area contributed by atoms with E-state index in [2.05, 4.69) is 26.1 Å². The van der Waals surface area contributed by atoms with Crippen molar-refractivity contribution in [3.8, 4) is 0 Å². The molecule has 0 aromatic heterocycles. The van der Waals surface area contributed by atoms with Crippen molar-refractivity contribution in [2.75, 3.05) is 13.1 Å². The van der Waals surface area contributed by atoms with Gasteiger partial charge < -0.3 is 5.32 Å². The Labute approximate surface area is 106 Å². The summed E-state index contributed by atoms with van der Waals surface area (Å²) in [6, 6.07) is 0. The molecule has 17 heavy (non-hydrogen) atoms. The predicted molar refractivity (Wildman–Crippen MR) is 70.9 cm³/mol. The minimum absolute atomic E-state index is 0.0801. The number of hydrogen-bond donors (Lipinski definition) is 1. The Morgan fingerprint density at radius 1 is 1.24 bits per heavy atom. The van der Waals surface area contributed by atoms with Gasteiger partial charge in [0.25, 0.3) is 0 Å². The van der Waals surface area contributed by atoms with E-state index in [-0.39, 0.29) is 5.41 Å². The highest BCUT2D eigenvalue weighted by Gasteiger charge is 2.40. The Bertz CT molecular complexity index is 281. The maximum atomic E-state index is 12.7. The molecular formula is C15H27NO. The second-order valence-corrected chi connectivity index (χ2v) is 6.67. The molecule has 2 heteroatoms. The molecule has 1 aliphatic carbocycles. The molecule has 2 fully saturated rings. The molecular weight excluding hydrogens is 210 g/mol. The van der Waals surface area contributed by atoms with Crippen molar-refractivity contribution in [3.05, 3.63) is 0 Å². The lowest BCUT2D eigenvalue weighted by Gasteiger charge is -2.39. The SMILES string of the molecule is CC1CCC(C(=O)C2(C)CCCNC2)CC1C. The van der Waals surface area contributed by atoms with Gasteiger partial charge in [-0.05, 0) is 50.5 Å². The molecule has 0 aromatic carbocycles. The van der Waals surface area contributed by atoms with Gasteiger partial charge in [-0.3, -0.25) is 4.79 Å². The van der Waals surface area contributed by atoms with E-state index in [1.807, 2.05) is 0 Å². The van der Waals surface area contributed by atoms with E-state index in [1.165, 1.54) is 6.42 Å². The van der Waals surface area contributed by atoms with Crippen LogP contribution in [0.1, 0.15) is 52.9 Å². The molecule has 1 saturated heterocycles. The Morgan fingerprint density at radius 2 is 2.00 bits per heavy atom. The third-order valence-electron chi connectivity index (χ3n) is 5.16. The lowest BCUT2D eigenvalue weighted by atomic mass is 9.67. The van der Waals surface area contributed by atoms with E-state index in [0.717, 1.165) is 50.6 Å². The Kier molecular flexibility index (Phi) is 3.92. The number of carbonyl (C=O) groups excluding carboxylic acids is 1. The Morgan fingerprint density at radius 3 is 2.59 bits per heavy atom. The number of ketones is 1. The fourth-order valence-electron chi connectivity index (χ4n) is 3.55. The van der Waals surface area contributed by atoms with Crippen LogP contribution in [0.5, 0.6) is 0 Å². The van der Waals surface area contributed by atoms with Crippen molar-refractivity contribution < 1.29 is 4.79 Å². The summed E-state index contributed by atoms with van der Waals surface area (Å²) >= 11 is 0. The number of Topliss-reactive ketones (excluding diaryl/α,β-unsaturated/α-hetero) is 1. The van der Waals surface area contributed by atoms with Crippen molar-refractivity contribution in [2.45, 2.75) is 52.9 Å². The van der Waals surface area contributed by atoms with Crippen LogP contribution in [0, 0.1) is 23.2 Å². The average Bonchev–Trinajstić information content (AvgIpc) is 2.33. The summed E-state index contributed by atoms with van der Waals surface area (Å²) in [5, 5.41) is 3.39. The summed E-state index contributed by atoms with van der Waals surface area (Å²) in [6.45, 7) is 8.79. The van der Waals surface area contributed by atoms with E-state index in [4.69, 9.17) is 0 Å². The molecule has 1 saturated carbocycles. The van der Waals surface area contributed by atoms with Gasteiger partial charge in [-0.2, -0.15) is 0 Å². The molecule has 4 atom stereocenters. The molecule has 4 unspecified atom stereocenters. The minimum atomic E-state index is -0.0801. The molecule has 0 amide bonds. The minimum Gasteiger partial charge on any atom is -0.316 e. The first-order valence-electron chi connectivity index (χ1n) is 7.28. The van der Waals surface area contributed by atoms with Gasteiger partial charge in [0.1, 0.15) is 5.78 Å². The number of rotatable bonds is 2. The van der Waals surface area contributed by atoms with Gasteiger partial charge in [0, 0.05) is 17.9 Å². The highest BCUT2D eigenvalue weighted by molar-refractivity contribution is 5.87. The number of hydrogen-bond acceptors (Lipinski definition) is 2. The predicted octanol–water partition coefficient (Wildman–Crippen LogP) is 3.02. The van der Waals surface area contributed by atoms with Crippen LogP contribution in [-0.4, -0.2) is 18.9 Å².